The van der Waals surface area contributed by atoms with Crippen LogP contribution in [0.5, 0.6) is 11.6 Å². The van der Waals surface area contributed by atoms with Gasteiger partial charge in [-0.05, 0) is 29.5 Å². The second-order valence-electron chi connectivity index (χ2n) is 7.60. The molecule has 0 saturated heterocycles. The van der Waals surface area contributed by atoms with Crippen molar-refractivity contribution in [3.05, 3.63) is 57.8 Å². The van der Waals surface area contributed by atoms with Crippen molar-refractivity contribution in [2.24, 2.45) is 5.41 Å². The summed E-state index contributed by atoms with van der Waals surface area (Å²) in [7, 11) is 0. The maximum absolute atomic E-state index is 11.2. The molecule has 0 spiro atoms. The first-order valence-electron chi connectivity index (χ1n) is 8.44. The fourth-order valence-electron chi connectivity index (χ4n) is 3.24. The first-order valence-corrected chi connectivity index (χ1v) is 8.44. The van der Waals surface area contributed by atoms with Gasteiger partial charge in [0.15, 0.2) is 0 Å². The highest BCUT2D eigenvalue weighted by atomic mass is 16.6. The highest BCUT2D eigenvalue weighted by Crippen LogP contribution is 2.34. The number of pyridine rings is 1. The van der Waals surface area contributed by atoms with Gasteiger partial charge in [0.2, 0.25) is 0 Å². The molecule has 3 rings (SSSR count). The molecule has 6 nitrogen and oxygen atoms in total. The summed E-state index contributed by atoms with van der Waals surface area (Å²) in [6, 6.07) is 8.84. The summed E-state index contributed by atoms with van der Waals surface area (Å²) < 4.78 is 5.83. The molecule has 1 aliphatic heterocycles. The van der Waals surface area contributed by atoms with E-state index in [0.29, 0.717) is 5.75 Å². The summed E-state index contributed by atoms with van der Waals surface area (Å²) in [5.41, 5.74) is 2.46. The Labute approximate surface area is 147 Å². The lowest BCUT2D eigenvalue weighted by molar-refractivity contribution is -0.386. The summed E-state index contributed by atoms with van der Waals surface area (Å²) >= 11 is 0. The van der Waals surface area contributed by atoms with Crippen LogP contribution in [0.1, 0.15) is 31.9 Å². The summed E-state index contributed by atoms with van der Waals surface area (Å²) in [6.07, 6.45) is 2.37. The van der Waals surface area contributed by atoms with Crippen LogP contribution in [0.2, 0.25) is 0 Å². The van der Waals surface area contributed by atoms with Crippen LogP contribution in [-0.2, 0) is 13.0 Å². The van der Waals surface area contributed by atoms with Gasteiger partial charge in [0.25, 0.3) is 5.88 Å². The van der Waals surface area contributed by atoms with Gasteiger partial charge in [-0.1, -0.05) is 32.9 Å². The van der Waals surface area contributed by atoms with Crippen LogP contribution in [-0.4, -0.2) is 27.9 Å². The Bertz CT molecular complexity index is 784. The standard InChI is InChI=1S/C19H23N3O3/c1-19(2,3)13-21-11-9-15-14(12-21)6-4-8-17(15)25-18-16(22(23)24)7-5-10-20-18/h4-8,10H,9,11-13H2,1-3H3. The summed E-state index contributed by atoms with van der Waals surface area (Å²) in [5, 5.41) is 11.2. The maximum Gasteiger partial charge on any atom is 0.331 e. The highest BCUT2D eigenvalue weighted by molar-refractivity contribution is 5.47. The van der Waals surface area contributed by atoms with Gasteiger partial charge in [-0.25, -0.2) is 4.98 Å². The lowest BCUT2D eigenvalue weighted by Gasteiger charge is -2.34. The van der Waals surface area contributed by atoms with Crippen LogP contribution in [0.15, 0.2) is 36.5 Å². The topological polar surface area (TPSA) is 68.5 Å². The van der Waals surface area contributed by atoms with E-state index in [-0.39, 0.29) is 17.0 Å². The third-order valence-electron chi connectivity index (χ3n) is 4.15. The molecule has 0 saturated carbocycles. The lowest BCUT2D eigenvalue weighted by Crippen LogP contribution is -2.36. The van der Waals surface area contributed by atoms with E-state index in [4.69, 9.17) is 4.74 Å². The monoisotopic (exact) mass is 341 g/mol. The first kappa shape index (κ1) is 17.4. The molecule has 0 bridgehead atoms. The molecule has 6 heteroatoms. The SMILES string of the molecule is CC(C)(C)CN1CCc2c(cccc2Oc2ncccc2[N+](=O)[O-])C1. The van der Waals surface area contributed by atoms with E-state index in [1.54, 1.807) is 0 Å². The maximum atomic E-state index is 11.2. The fraction of sp³-hybridized carbons (Fsp3) is 0.421. The fourth-order valence-corrected chi connectivity index (χ4v) is 3.24. The summed E-state index contributed by atoms with van der Waals surface area (Å²) in [4.78, 5) is 17.2. The van der Waals surface area contributed by atoms with Crippen LogP contribution in [0.25, 0.3) is 0 Å². The van der Waals surface area contributed by atoms with Crippen molar-refractivity contribution >= 4 is 5.69 Å². The normalized spacial score (nSPS) is 14.8. The molecular weight excluding hydrogens is 318 g/mol. The van der Waals surface area contributed by atoms with Gasteiger partial charge in [0, 0.05) is 37.5 Å². The van der Waals surface area contributed by atoms with Crippen LogP contribution in [0, 0.1) is 15.5 Å². The van der Waals surface area contributed by atoms with E-state index < -0.39 is 4.92 Å². The number of ether oxygens (including phenoxy) is 1. The Morgan fingerprint density at radius 1 is 1.28 bits per heavy atom. The Balaban J connectivity index is 1.85. The minimum Gasteiger partial charge on any atom is -0.433 e. The van der Waals surface area contributed by atoms with Crippen molar-refractivity contribution in [3.63, 3.8) is 0 Å². The van der Waals surface area contributed by atoms with Crippen LogP contribution < -0.4 is 4.74 Å². The molecule has 0 aliphatic carbocycles. The predicted molar refractivity (Wildman–Crippen MR) is 95.8 cm³/mol. The summed E-state index contributed by atoms with van der Waals surface area (Å²) in [5.74, 6) is 0.702. The molecule has 1 aliphatic rings. The predicted octanol–water partition coefficient (Wildman–Crippen LogP) is 4.19. The van der Waals surface area contributed by atoms with E-state index in [0.717, 1.165) is 31.6 Å². The zero-order valence-corrected chi connectivity index (χ0v) is 14.9. The largest absolute Gasteiger partial charge is 0.433 e. The number of rotatable bonds is 4. The molecule has 2 aromatic rings. The Kier molecular flexibility index (Phi) is 4.72. The molecular formula is C19H23N3O3. The second kappa shape index (κ2) is 6.80. The van der Waals surface area contributed by atoms with Gasteiger partial charge in [0.1, 0.15) is 5.75 Å². The number of benzene rings is 1. The van der Waals surface area contributed by atoms with Gasteiger partial charge in [-0.3, -0.25) is 15.0 Å². The van der Waals surface area contributed by atoms with Gasteiger partial charge in [-0.15, -0.1) is 0 Å². The minimum absolute atomic E-state index is 0.0398. The number of nitro groups is 1. The van der Waals surface area contributed by atoms with Gasteiger partial charge in [0.05, 0.1) is 4.92 Å². The molecule has 0 unspecified atom stereocenters. The van der Waals surface area contributed by atoms with Gasteiger partial charge in [-0.2, -0.15) is 0 Å². The third kappa shape index (κ3) is 4.14. The highest BCUT2D eigenvalue weighted by Gasteiger charge is 2.24. The van der Waals surface area contributed by atoms with Crippen molar-refractivity contribution in [2.75, 3.05) is 13.1 Å². The Morgan fingerprint density at radius 2 is 2.08 bits per heavy atom. The summed E-state index contributed by atoms with van der Waals surface area (Å²) in [6.45, 7) is 9.57. The first-order chi connectivity index (χ1) is 11.8. The molecule has 0 atom stereocenters. The van der Waals surface area contributed by atoms with Crippen molar-refractivity contribution in [2.45, 2.75) is 33.7 Å². The molecule has 0 N–H and O–H groups in total. The number of hydrogen-bond donors (Lipinski definition) is 0. The van der Waals surface area contributed by atoms with E-state index in [1.807, 2.05) is 12.1 Å². The van der Waals surface area contributed by atoms with Gasteiger partial charge < -0.3 is 4.74 Å². The van der Waals surface area contributed by atoms with Crippen molar-refractivity contribution < 1.29 is 9.66 Å². The quantitative estimate of drug-likeness (QED) is 0.616. The van der Waals surface area contributed by atoms with E-state index >= 15 is 0 Å². The smallest absolute Gasteiger partial charge is 0.331 e. The van der Waals surface area contributed by atoms with E-state index in [2.05, 4.69) is 36.7 Å². The van der Waals surface area contributed by atoms with Crippen molar-refractivity contribution in [1.82, 2.24) is 9.88 Å². The number of aromatic nitrogens is 1. The molecule has 0 fully saturated rings. The minimum atomic E-state index is -0.469. The van der Waals surface area contributed by atoms with Crippen LogP contribution in [0.4, 0.5) is 5.69 Å². The number of hydrogen-bond acceptors (Lipinski definition) is 5. The average Bonchev–Trinajstić information content (AvgIpc) is 2.53. The Hall–Kier alpha value is -2.47. The van der Waals surface area contributed by atoms with E-state index in [1.165, 1.54) is 23.9 Å². The zero-order valence-electron chi connectivity index (χ0n) is 14.9. The Morgan fingerprint density at radius 3 is 2.80 bits per heavy atom. The van der Waals surface area contributed by atoms with Crippen molar-refractivity contribution in [3.8, 4) is 11.6 Å². The second-order valence-corrected chi connectivity index (χ2v) is 7.60. The molecule has 132 valence electrons. The van der Waals surface area contributed by atoms with E-state index in [9.17, 15) is 10.1 Å². The lowest BCUT2D eigenvalue weighted by atomic mass is 9.93. The molecule has 1 aromatic carbocycles. The molecule has 0 radical (unpaired) electrons. The molecule has 0 amide bonds. The van der Waals surface area contributed by atoms with Crippen LogP contribution in [0.3, 0.4) is 0 Å². The molecule has 2 heterocycles. The molecule has 1 aromatic heterocycles. The average molecular weight is 341 g/mol. The van der Waals surface area contributed by atoms with Crippen LogP contribution >= 0.6 is 0 Å². The molecule has 25 heavy (non-hydrogen) atoms. The van der Waals surface area contributed by atoms with Gasteiger partial charge >= 0.3 is 5.69 Å². The number of nitrogens with zero attached hydrogens (tertiary/aromatic N) is 3. The number of fused-ring (bicyclic) bond motifs is 1. The van der Waals surface area contributed by atoms with Crippen molar-refractivity contribution in [1.29, 1.82) is 0 Å². The third-order valence-corrected chi connectivity index (χ3v) is 4.15. The zero-order chi connectivity index (χ0) is 18.0.